The molecule has 6 nitrogen and oxygen atoms in total. The minimum Gasteiger partial charge on any atom is -0.395 e. The van der Waals surface area contributed by atoms with Crippen LogP contribution in [0.3, 0.4) is 0 Å². The van der Waals surface area contributed by atoms with Crippen molar-refractivity contribution < 1.29 is 9.90 Å². The van der Waals surface area contributed by atoms with E-state index >= 15 is 0 Å². The van der Waals surface area contributed by atoms with E-state index < -0.39 is 0 Å². The topological polar surface area (TPSA) is 75.4 Å². The molecule has 0 atom stereocenters. The fraction of sp³-hybridized carbons (Fsp3) is 0.526. The maximum absolute atomic E-state index is 12.8. The van der Waals surface area contributed by atoms with Gasteiger partial charge in [-0.05, 0) is 38.0 Å². The Morgan fingerprint density at radius 3 is 2.84 bits per heavy atom. The second-order valence-corrected chi connectivity index (χ2v) is 6.49. The van der Waals surface area contributed by atoms with Crippen molar-refractivity contribution in [3.8, 4) is 0 Å². The highest BCUT2D eigenvalue weighted by Crippen LogP contribution is 2.17. The number of nitrogens with zero attached hydrogens (tertiary/aromatic N) is 3. The van der Waals surface area contributed by atoms with Gasteiger partial charge in [-0.25, -0.2) is 4.98 Å². The molecule has 0 saturated heterocycles. The summed E-state index contributed by atoms with van der Waals surface area (Å²) in [4.78, 5) is 31.7. The smallest absolute Gasteiger partial charge is 0.261 e. The van der Waals surface area contributed by atoms with Gasteiger partial charge >= 0.3 is 0 Å². The van der Waals surface area contributed by atoms with E-state index in [1.54, 1.807) is 27.7 Å². The second-order valence-electron chi connectivity index (χ2n) is 6.49. The summed E-state index contributed by atoms with van der Waals surface area (Å²) >= 11 is 0. The van der Waals surface area contributed by atoms with E-state index in [-0.39, 0.29) is 18.1 Å². The van der Waals surface area contributed by atoms with Crippen molar-refractivity contribution in [3.05, 3.63) is 39.9 Å². The van der Waals surface area contributed by atoms with Crippen molar-refractivity contribution in [1.29, 1.82) is 0 Å². The van der Waals surface area contributed by atoms with Gasteiger partial charge in [-0.15, -0.1) is 0 Å². The van der Waals surface area contributed by atoms with Gasteiger partial charge in [-0.2, -0.15) is 0 Å². The van der Waals surface area contributed by atoms with Crippen LogP contribution in [-0.4, -0.2) is 45.2 Å². The Morgan fingerprint density at radius 2 is 2.08 bits per heavy atom. The fourth-order valence-corrected chi connectivity index (χ4v) is 3.43. The molecule has 0 aliphatic carbocycles. The first-order chi connectivity index (χ1) is 12.2. The van der Waals surface area contributed by atoms with E-state index in [0.717, 1.165) is 38.1 Å². The zero-order valence-corrected chi connectivity index (χ0v) is 14.7. The summed E-state index contributed by atoms with van der Waals surface area (Å²) in [5.41, 5.74) is 1.08. The van der Waals surface area contributed by atoms with Gasteiger partial charge < -0.3 is 10.0 Å². The van der Waals surface area contributed by atoms with Crippen LogP contribution in [0.15, 0.2) is 23.0 Å². The van der Waals surface area contributed by atoms with Crippen LogP contribution in [0.4, 0.5) is 0 Å². The minimum atomic E-state index is -0.146. The quantitative estimate of drug-likeness (QED) is 0.921. The monoisotopic (exact) mass is 343 g/mol. The lowest BCUT2D eigenvalue weighted by Crippen LogP contribution is -2.33. The Hall–Kier alpha value is -2.21. The number of carbonyl (C=O) groups is 1. The van der Waals surface area contributed by atoms with Crippen LogP contribution in [0.25, 0.3) is 10.9 Å². The Morgan fingerprint density at radius 1 is 1.28 bits per heavy atom. The van der Waals surface area contributed by atoms with Crippen molar-refractivity contribution in [2.45, 2.75) is 45.6 Å². The lowest BCUT2D eigenvalue weighted by Gasteiger charge is -2.20. The van der Waals surface area contributed by atoms with Crippen molar-refractivity contribution in [2.24, 2.45) is 0 Å². The molecule has 6 heteroatoms. The Kier molecular flexibility index (Phi) is 5.48. The van der Waals surface area contributed by atoms with Crippen LogP contribution in [0, 0.1) is 0 Å². The number of hydrogen-bond donors (Lipinski definition) is 1. The van der Waals surface area contributed by atoms with Gasteiger partial charge in [0.15, 0.2) is 0 Å². The van der Waals surface area contributed by atoms with Gasteiger partial charge in [0.05, 0.1) is 17.5 Å². The molecule has 3 rings (SSSR count). The summed E-state index contributed by atoms with van der Waals surface area (Å²) in [5, 5.41) is 9.66. The molecule has 1 N–H and O–H groups in total. The highest BCUT2D eigenvalue weighted by molar-refractivity contribution is 5.97. The minimum absolute atomic E-state index is 0.0106. The normalized spacial score (nSPS) is 14.6. The first kappa shape index (κ1) is 17.6. The lowest BCUT2D eigenvalue weighted by atomic mass is 10.1. The third kappa shape index (κ3) is 3.58. The van der Waals surface area contributed by atoms with Crippen LogP contribution in [-0.2, 0) is 13.0 Å². The Balaban J connectivity index is 2.04. The van der Waals surface area contributed by atoms with Gasteiger partial charge in [0.25, 0.3) is 11.5 Å². The number of rotatable bonds is 4. The number of aryl methyl sites for hydroxylation is 1. The first-order valence-corrected chi connectivity index (χ1v) is 9.09. The van der Waals surface area contributed by atoms with Gasteiger partial charge in [0.2, 0.25) is 0 Å². The van der Waals surface area contributed by atoms with E-state index in [4.69, 9.17) is 10.1 Å². The standard InChI is InChI=1S/C19H25N3O3/c1-2-21(11-12-23)18(24)14-8-9-15-16(13-14)20-17-7-5-3-4-6-10-22(17)19(15)25/h8-9,13,23H,2-7,10-12H2,1H3. The molecule has 1 aromatic heterocycles. The zero-order chi connectivity index (χ0) is 17.8. The lowest BCUT2D eigenvalue weighted by molar-refractivity contribution is 0.0732. The van der Waals surface area contributed by atoms with E-state index in [9.17, 15) is 9.59 Å². The Bertz CT molecular complexity index is 829. The number of benzene rings is 1. The molecule has 2 aromatic rings. The predicted octanol–water partition coefficient (Wildman–Crippen LogP) is 1.97. The number of aliphatic hydroxyl groups is 1. The summed E-state index contributed by atoms with van der Waals surface area (Å²) in [6.07, 6.45) is 5.16. The van der Waals surface area contributed by atoms with E-state index in [0.29, 0.717) is 29.6 Å². The van der Waals surface area contributed by atoms with Crippen molar-refractivity contribution in [1.82, 2.24) is 14.5 Å². The second kappa shape index (κ2) is 7.78. The molecule has 0 spiro atoms. The highest BCUT2D eigenvalue weighted by atomic mass is 16.3. The number of carbonyl (C=O) groups excluding carboxylic acids is 1. The summed E-state index contributed by atoms with van der Waals surface area (Å²) in [6, 6.07) is 5.10. The van der Waals surface area contributed by atoms with Gasteiger partial charge in [-0.1, -0.05) is 12.8 Å². The molecular formula is C19H25N3O3. The number of likely N-dealkylation sites (N-methyl/N-ethyl adjacent to an activating group) is 1. The third-order valence-corrected chi connectivity index (χ3v) is 4.85. The van der Waals surface area contributed by atoms with Crippen LogP contribution in [0.5, 0.6) is 0 Å². The average molecular weight is 343 g/mol. The number of fused-ring (bicyclic) bond motifs is 2. The van der Waals surface area contributed by atoms with Crippen LogP contribution in [0.1, 0.15) is 48.8 Å². The van der Waals surface area contributed by atoms with E-state index in [1.807, 2.05) is 6.92 Å². The molecule has 1 amide bonds. The van der Waals surface area contributed by atoms with E-state index in [2.05, 4.69) is 0 Å². The third-order valence-electron chi connectivity index (χ3n) is 4.85. The highest BCUT2D eigenvalue weighted by Gasteiger charge is 2.17. The molecule has 0 fully saturated rings. The fourth-order valence-electron chi connectivity index (χ4n) is 3.43. The van der Waals surface area contributed by atoms with E-state index in [1.165, 1.54) is 6.42 Å². The van der Waals surface area contributed by atoms with Crippen molar-refractivity contribution in [3.63, 3.8) is 0 Å². The zero-order valence-electron chi connectivity index (χ0n) is 14.7. The average Bonchev–Trinajstić information content (AvgIpc) is 2.60. The largest absolute Gasteiger partial charge is 0.395 e. The molecule has 0 unspecified atom stereocenters. The number of aliphatic hydroxyl groups excluding tert-OH is 1. The molecule has 1 aromatic carbocycles. The SMILES string of the molecule is CCN(CCO)C(=O)c1ccc2c(=O)n3c(nc2c1)CCCCCC3. The molecule has 25 heavy (non-hydrogen) atoms. The summed E-state index contributed by atoms with van der Waals surface area (Å²) in [6.45, 7) is 3.35. The molecule has 0 radical (unpaired) electrons. The first-order valence-electron chi connectivity index (χ1n) is 9.09. The molecule has 1 aliphatic rings. The molecular weight excluding hydrogens is 318 g/mol. The molecule has 1 aliphatic heterocycles. The molecule has 0 bridgehead atoms. The van der Waals surface area contributed by atoms with Crippen LogP contribution >= 0.6 is 0 Å². The van der Waals surface area contributed by atoms with Crippen molar-refractivity contribution in [2.75, 3.05) is 19.7 Å². The molecule has 0 saturated carbocycles. The summed E-state index contributed by atoms with van der Waals surface area (Å²) < 4.78 is 1.80. The summed E-state index contributed by atoms with van der Waals surface area (Å²) in [5.74, 6) is 0.677. The van der Waals surface area contributed by atoms with Gasteiger partial charge in [-0.3, -0.25) is 14.2 Å². The van der Waals surface area contributed by atoms with Crippen LogP contribution < -0.4 is 5.56 Å². The van der Waals surface area contributed by atoms with Gasteiger partial charge in [0, 0.05) is 31.6 Å². The number of aromatic nitrogens is 2. The maximum Gasteiger partial charge on any atom is 0.261 e. The number of amides is 1. The predicted molar refractivity (Wildman–Crippen MR) is 96.8 cm³/mol. The maximum atomic E-state index is 12.8. The Labute approximate surface area is 147 Å². The van der Waals surface area contributed by atoms with Gasteiger partial charge in [0.1, 0.15) is 5.82 Å². The van der Waals surface area contributed by atoms with Crippen molar-refractivity contribution >= 4 is 16.8 Å². The number of hydrogen-bond acceptors (Lipinski definition) is 4. The molecule has 2 heterocycles. The van der Waals surface area contributed by atoms with Crippen LogP contribution in [0.2, 0.25) is 0 Å². The summed E-state index contributed by atoms with van der Waals surface area (Å²) in [7, 11) is 0. The molecule has 134 valence electrons.